The summed E-state index contributed by atoms with van der Waals surface area (Å²) in [6, 6.07) is 8.32. The third-order valence-corrected chi connectivity index (χ3v) is 5.13. The van der Waals surface area contributed by atoms with E-state index in [9.17, 15) is 8.42 Å². The maximum absolute atomic E-state index is 12.1. The Morgan fingerprint density at radius 2 is 2.05 bits per heavy atom. The molecule has 7 heteroatoms. The zero-order chi connectivity index (χ0) is 14.0. The third kappa shape index (κ3) is 3.10. The normalized spacial score (nSPS) is 11.0. The first kappa shape index (κ1) is 13.5. The van der Waals surface area contributed by atoms with Crippen LogP contribution in [-0.2, 0) is 10.0 Å². The molecule has 0 bridgehead atoms. The molecule has 0 saturated carbocycles. The number of aryl methyl sites for hydroxylation is 2. The van der Waals surface area contributed by atoms with Crippen molar-refractivity contribution in [3.05, 3.63) is 40.4 Å². The monoisotopic (exact) mass is 293 g/mol. The van der Waals surface area contributed by atoms with Crippen molar-refractivity contribution in [2.75, 3.05) is 4.72 Å². The van der Waals surface area contributed by atoms with Gasteiger partial charge in [0.15, 0.2) is 0 Å². The lowest BCUT2D eigenvalue weighted by molar-refractivity contribution is 0.603. The Morgan fingerprint density at radius 3 is 2.63 bits per heavy atom. The number of sulfonamides is 1. The molecule has 0 atom stereocenters. The molecule has 1 N–H and O–H groups in total. The van der Waals surface area contributed by atoms with Gasteiger partial charge in [0.2, 0.25) is 0 Å². The standard InChI is InChI=1S/C12H11N3O2S2/c1-8-5-9(2)14-11(6-8)15-19(16,17)12-4-3-10(7-13)18-12/h3-6H,1-2H3,(H,14,15). The van der Waals surface area contributed by atoms with Crippen LogP contribution >= 0.6 is 11.3 Å². The van der Waals surface area contributed by atoms with E-state index < -0.39 is 10.0 Å². The van der Waals surface area contributed by atoms with E-state index in [-0.39, 0.29) is 10.0 Å². The summed E-state index contributed by atoms with van der Waals surface area (Å²) < 4.78 is 26.7. The average Bonchev–Trinajstić information content (AvgIpc) is 2.75. The summed E-state index contributed by atoms with van der Waals surface area (Å²) in [5.74, 6) is 0.282. The molecule has 98 valence electrons. The van der Waals surface area contributed by atoms with Crippen LogP contribution in [0, 0.1) is 25.2 Å². The predicted octanol–water partition coefficient (Wildman–Crippen LogP) is 2.43. The van der Waals surface area contributed by atoms with Gasteiger partial charge in [-0.15, -0.1) is 11.3 Å². The van der Waals surface area contributed by atoms with Crippen molar-refractivity contribution < 1.29 is 8.42 Å². The van der Waals surface area contributed by atoms with Crippen molar-refractivity contribution in [3.8, 4) is 6.07 Å². The van der Waals surface area contributed by atoms with E-state index in [1.165, 1.54) is 12.1 Å². The molecule has 0 aromatic carbocycles. The van der Waals surface area contributed by atoms with Gasteiger partial charge in [0.25, 0.3) is 10.0 Å². The Balaban J connectivity index is 2.33. The summed E-state index contributed by atoms with van der Waals surface area (Å²) in [7, 11) is -3.68. The van der Waals surface area contributed by atoms with Crippen LogP contribution in [0.3, 0.4) is 0 Å². The summed E-state index contributed by atoms with van der Waals surface area (Å²) in [6.07, 6.45) is 0. The maximum atomic E-state index is 12.1. The van der Waals surface area contributed by atoms with E-state index in [2.05, 4.69) is 9.71 Å². The Hall–Kier alpha value is -1.91. The number of nitrogens with zero attached hydrogens (tertiary/aromatic N) is 2. The van der Waals surface area contributed by atoms with Gasteiger partial charge in [0.1, 0.15) is 21.0 Å². The number of nitrogens with one attached hydrogen (secondary N) is 1. The van der Waals surface area contributed by atoms with Gasteiger partial charge in [-0.3, -0.25) is 4.72 Å². The highest BCUT2D eigenvalue weighted by Crippen LogP contribution is 2.23. The minimum Gasteiger partial charge on any atom is -0.263 e. The first-order chi connectivity index (χ1) is 8.90. The van der Waals surface area contributed by atoms with Crippen LogP contribution in [0.15, 0.2) is 28.5 Å². The lowest BCUT2D eigenvalue weighted by Crippen LogP contribution is -2.13. The van der Waals surface area contributed by atoms with Crippen molar-refractivity contribution in [3.63, 3.8) is 0 Å². The van der Waals surface area contributed by atoms with E-state index in [4.69, 9.17) is 5.26 Å². The Labute approximate surface area is 115 Å². The van der Waals surface area contributed by atoms with E-state index in [0.717, 1.165) is 22.6 Å². The van der Waals surface area contributed by atoms with E-state index in [0.29, 0.717) is 4.88 Å². The fourth-order valence-corrected chi connectivity index (χ4v) is 3.70. The summed E-state index contributed by atoms with van der Waals surface area (Å²) >= 11 is 0.928. The molecule has 0 fully saturated rings. The van der Waals surface area contributed by atoms with Gasteiger partial charge in [0, 0.05) is 5.69 Å². The fourth-order valence-electron chi connectivity index (χ4n) is 1.61. The van der Waals surface area contributed by atoms with Crippen molar-refractivity contribution in [1.82, 2.24) is 4.98 Å². The highest BCUT2D eigenvalue weighted by atomic mass is 32.2. The zero-order valence-electron chi connectivity index (χ0n) is 10.3. The topological polar surface area (TPSA) is 82.8 Å². The molecule has 2 aromatic heterocycles. The van der Waals surface area contributed by atoms with Gasteiger partial charge in [-0.2, -0.15) is 5.26 Å². The quantitative estimate of drug-likeness (QED) is 0.942. The van der Waals surface area contributed by atoms with Crippen molar-refractivity contribution in [2.24, 2.45) is 0 Å². The predicted molar refractivity (Wildman–Crippen MR) is 73.6 cm³/mol. The first-order valence-electron chi connectivity index (χ1n) is 5.39. The average molecular weight is 293 g/mol. The summed E-state index contributed by atoms with van der Waals surface area (Å²) in [5, 5.41) is 8.71. The highest BCUT2D eigenvalue weighted by molar-refractivity contribution is 7.94. The zero-order valence-corrected chi connectivity index (χ0v) is 12.0. The van der Waals surface area contributed by atoms with E-state index >= 15 is 0 Å². The molecule has 19 heavy (non-hydrogen) atoms. The molecule has 2 rings (SSSR count). The molecule has 2 heterocycles. The minimum absolute atomic E-state index is 0.102. The Bertz CT molecular complexity index is 737. The first-order valence-corrected chi connectivity index (χ1v) is 7.69. The molecule has 0 aliphatic carbocycles. The van der Waals surface area contributed by atoms with Gasteiger partial charge in [-0.05, 0) is 43.7 Å². The van der Waals surface area contributed by atoms with Gasteiger partial charge in [0.05, 0.1) is 0 Å². The highest BCUT2D eigenvalue weighted by Gasteiger charge is 2.17. The molecule has 5 nitrogen and oxygen atoms in total. The molecule has 0 aliphatic rings. The molecular formula is C12H11N3O2S2. The molecule has 0 unspecified atom stereocenters. The van der Waals surface area contributed by atoms with Crippen LogP contribution in [0.2, 0.25) is 0 Å². The molecular weight excluding hydrogens is 282 g/mol. The van der Waals surface area contributed by atoms with Gasteiger partial charge in [-0.25, -0.2) is 13.4 Å². The Morgan fingerprint density at radius 1 is 1.32 bits per heavy atom. The molecule has 0 spiro atoms. The summed E-state index contributed by atoms with van der Waals surface area (Å²) in [5.41, 5.74) is 1.66. The number of rotatable bonds is 3. The number of anilines is 1. The van der Waals surface area contributed by atoms with Crippen LogP contribution in [-0.4, -0.2) is 13.4 Å². The molecule has 0 amide bonds. The maximum Gasteiger partial charge on any atom is 0.272 e. The van der Waals surface area contributed by atoms with Crippen LogP contribution in [0.25, 0.3) is 0 Å². The van der Waals surface area contributed by atoms with Crippen LogP contribution in [0.1, 0.15) is 16.1 Å². The number of hydrogen-bond donors (Lipinski definition) is 1. The van der Waals surface area contributed by atoms with Crippen LogP contribution in [0.4, 0.5) is 5.82 Å². The third-order valence-electron chi connectivity index (χ3n) is 2.29. The Kier molecular flexibility index (Phi) is 3.55. The van der Waals surface area contributed by atoms with Crippen LogP contribution in [0.5, 0.6) is 0 Å². The molecule has 0 radical (unpaired) electrons. The van der Waals surface area contributed by atoms with Gasteiger partial charge in [-0.1, -0.05) is 0 Å². The van der Waals surface area contributed by atoms with E-state index in [1.54, 1.807) is 13.0 Å². The second-order valence-electron chi connectivity index (χ2n) is 4.01. The number of thiophene rings is 1. The fraction of sp³-hybridized carbons (Fsp3) is 0.167. The van der Waals surface area contributed by atoms with Gasteiger partial charge < -0.3 is 0 Å². The molecule has 0 saturated heterocycles. The second-order valence-corrected chi connectivity index (χ2v) is 7.00. The van der Waals surface area contributed by atoms with Crippen LogP contribution < -0.4 is 4.72 Å². The number of hydrogen-bond acceptors (Lipinski definition) is 5. The molecule has 2 aromatic rings. The lowest BCUT2D eigenvalue weighted by atomic mass is 10.2. The second kappa shape index (κ2) is 4.99. The number of pyridine rings is 1. The smallest absolute Gasteiger partial charge is 0.263 e. The van der Waals surface area contributed by atoms with Crippen molar-refractivity contribution >= 4 is 27.2 Å². The lowest BCUT2D eigenvalue weighted by Gasteiger charge is -2.07. The number of aromatic nitrogens is 1. The minimum atomic E-state index is -3.68. The van der Waals surface area contributed by atoms with Gasteiger partial charge >= 0.3 is 0 Å². The van der Waals surface area contributed by atoms with E-state index in [1.807, 2.05) is 19.1 Å². The van der Waals surface area contributed by atoms with Crippen molar-refractivity contribution in [1.29, 1.82) is 5.26 Å². The summed E-state index contributed by atoms with van der Waals surface area (Å²) in [6.45, 7) is 3.66. The number of nitriles is 1. The SMILES string of the molecule is Cc1cc(C)nc(NS(=O)(=O)c2ccc(C#N)s2)c1. The largest absolute Gasteiger partial charge is 0.272 e. The van der Waals surface area contributed by atoms with Crippen molar-refractivity contribution in [2.45, 2.75) is 18.1 Å². The molecule has 0 aliphatic heterocycles. The summed E-state index contributed by atoms with van der Waals surface area (Å²) in [4.78, 5) is 4.48.